The minimum absolute atomic E-state index is 0.000823. The lowest BCUT2D eigenvalue weighted by Crippen LogP contribution is -2.36. The fourth-order valence-electron chi connectivity index (χ4n) is 4.42. The number of amides is 2. The van der Waals surface area contributed by atoms with Crippen molar-refractivity contribution >= 4 is 28.2 Å². The fraction of sp³-hybridized carbons (Fsp3) is 0.259. The number of carbonyl (C=O) groups excluding carboxylic acids is 2. The molecule has 1 fully saturated rings. The van der Waals surface area contributed by atoms with Crippen LogP contribution in [0.25, 0.3) is 10.4 Å². The molecule has 2 aromatic carbocycles. The zero-order valence-electron chi connectivity index (χ0n) is 19.6. The molecule has 3 heterocycles. The number of hydrogen-bond acceptors (Lipinski definition) is 5. The zero-order valence-corrected chi connectivity index (χ0v) is 20.4. The van der Waals surface area contributed by atoms with Gasteiger partial charge in [-0.3, -0.25) is 9.59 Å². The Labute approximate surface area is 208 Å². The van der Waals surface area contributed by atoms with Crippen LogP contribution in [-0.4, -0.2) is 44.6 Å². The van der Waals surface area contributed by atoms with Gasteiger partial charge < -0.3 is 10.2 Å². The van der Waals surface area contributed by atoms with Crippen LogP contribution in [0.3, 0.4) is 0 Å². The average molecular weight is 486 g/mol. The number of anilines is 1. The number of piperidine rings is 1. The monoisotopic (exact) mass is 485 g/mol. The Hall–Kier alpha value is -3.78. The molecule has 4 aromatic rings. The highest BCUT2D eigenvalue weighted by Crippen LogP contribution is 2.41. The number of hydrogen-bond donors (Lipinski definition) is 1. The maximum atomic E-state index is 13.6. The summed E-state index contributed by atoms with van der Waals surface area (Å²) in [6.45, 7) is 4.08. The normalized spacial score (nSPS) is 13.6. The molecule has 1 aliphatic rings. The predicted molar refractivity (Wildman–Crippen MR) is 138 cm³/mol. The lowest BCUT2D eigenvalue weighted by Gasteiger charge is -2.27. The molecule has 178 valence electrons. The van der Waals surface area contributed by atoms with E-state index in [2.05, 4.69) is 15.4 Å². The molecule has 1 saturated heterocycles. The lowest BCUT2D eigenvalue weighted by molar-refractivity contribution is 0.0725. The second kappa shape index (κ2) is 10.2. The number of likely N-dealkylation sites (tertiary alicyclic amines) is 1. The highest BCUT2D eigenvalue weighted by molar-refractivity contribution is 7.20. The number of carbonyl (C=O) groups is 2. The van der Waals surface area contributed by atoms with Gasteiger partial charge in [0, 0.05) is 23.5 Å². The van der Waals surface area contributed by atoms with Gasteiger partial charge in [0.2, 0.25) is 0 Å². The van der Waals surface area contributed by atoms with Crippen molar-refractivity contribution in [3.05, 3.63) is 89.5 Å². The molecular formula is C27H27N5O2S. The smallest absolute Gasteiger partial charge is 0.257 e. The predicted octanol–water partition coefficient (Wildman–Crippen LogP) is 5.24. The summed E-state index contributed by atoms with van der Waals surface area (Å²) in [6.07, 6.45) is 6.34. The minimum atomic E-state index is -0.231. The summed E-state index contributed by atoms with van der Waals surface area (Å²) in [4.78, 5) is 33.6. The van der Waals surface area contributed by atoms with Crippen LogP contribution in [0.2, 0.25) is 0 Å². The number of rotatable bonds is 6. The minimum Gasteiger partial charge on any atom is -0.339 e. The molecule has 1 N–H and O–H groups in total. The Morgan fingerprint density at radius 3 is 2.43 bits per heavy atom. The second-order valence-electron chi connectivity index (χ2n) is 8.72. The van der Waals surface area contributed by atoms with Gasteiger partial charge in [0.05, 0.1) is 12.1 Å². The van der Waals surface area contributed by atoms with Crippen LogP contribution in [0.4, 0.5) is 5.00 Å². The number of thiophene rings is 1. The van der Waals surface area contributed by atoms with Crippen molar-refractivity contribution in [2.75, 3.05) is 18.4 Å². The van der Waals surface area contributed by atoms with E-state index in [1.54, 1.807) is 23.1 Å². The van der Waals surface area contributed by atoms with Crippen molar-refractivity contribution in [3.8, 4) is 10.4 Å². The number of benzene rings is 2. The number of nitrogens with one attached hydrogen (secondary N) is 1. The summed E-state index contributed by atoms with van der Waals surface area (Å²) in [6, 6.07) is 17.4. The SMILES string of the molecule is Cc1c(-c2ccccc2)sc(NC(=O)c2ccc(Cn3cncn3)cc2)c1C(=O)N1CCCCC1. The Morgan fingerprint density at radius 2 is 1.74 bits per heavy atom. The van der Waals surface area contributed by atoms with Crippen LogP contribution >= 0.6 is 11.3 Å². The number of nitrogens with zero attached hydrogens (tertiary/aromatic N) is 4. The third-order valence-corrected chi connectivity index (χ3v) is 7.55. The van der Waals surface area contributed by atoms with Crippen molar-refractivity contribution < 1.29 is 9.59 Å². The van der Waals surface area contributed by atoms with E-state index in [9.17, 15) is 9.59 Å². The largest absolute Gasteiger partial charge is 0.339 e. The molecule has 7 nitrogen and oxygen atoms in total. The highest BCUT2D eigenvalue weighted by atomic mass is 32.1. The van der Waals surface area contributed by atoms with E-state index in [4.69, 9.17) is 0 Å². The summed E-state index contributed by atoms with van der Waals surface area (Å²) >= 11 is 1.46. The molecule has 0 unspecified atom stereocenters. The van der Waals surface area contributed by atoms with E-state index >= 15 is 0 Å². The summed E-state index contributed by atoms with van der Waals surface area (Å²) in [5.41, 5.74) is 4.12. The van der Waals surface area contributed by atoms with E-state index in [0.717, 1.165) is 53.9 Å². The summed E-state index contributed by atoms with van der Waals surface area (Å²) < 4.78 is 1.73. The van der Waals surface area contributed by atoms with E-state index in [-0.39, 0.29) is 11.8 Å². The van der Waals surface area contributed by atoms with Crippen LogP contribution in [0.15, 0.2) is 67.3 Å². The maximum Gasteiger partial charge on any atom is 0.257 e. The van der Waals surface area contributed by atoms with E-state index < -0.39 is 0 Å². The van der Waals surface area contributed by atoms with Gasteiger partial charge in [0.1, 0.15) is 17.7 Å². The van der Waals surface area contributed by atoms with Crippen molar-refractivity contribution in [3.63, 3.8) is 0 Å². The molecule has 0 radical (unpaired) electrons. The Morgan fingerprint density at radius 1 is 1.00 bits per heavy atom. The van der Waals surface area contributed by atoms with Crippen molar-refractivity contribution in [1.82, 2.24) is 19.7 Å². The van der Waals surface area contributed by atoms with Crippen LogP contribution < -0.4 is 5.32 Å². The third-order valence-electron chi connectivity index (χ3n) is 6.29. The molecule has 0 spiro atoms. The first-order valence-electron chi connectivity index (χ1n) is 11.8. The highest BCUT2D eigenvalue weighted by Gasteiger charge is 2.28. The summed E-state index contributed by atoms with van der Waals surface area (Å²) in [7, 11) is 0. The molecule has 5 rings (SSSR count). The Balaban J connectivity index is 1.42. The van der Waals surface area contributed by atoms with Crippen LogP contribution in [0, 0.1) is 6.92 Å². The Bertz CT molecular complexity index is 1310. The third kappa shape index (κ3) is 5.02. The molecule has 35 heavy (non-hydrogen) atoms. The molecule has 8 heteroatoms. The first-order chi connectivity index (χ1) is 17.1. The average Bonchev–Trinajstić information content (AvgIpc) is 3.52. The standard InChI is InChI=1S/C27H27N5O2S/c1-19-23(27(34)31-14-6-3-7-15-31)26(35-24(19)21-8-4-2-5-9-21)30-25(33)22-12-10-20(11-13-22)16-32-18-28-17-29-32/h2,4-5,8-13,17-18H,3,6-7,14-16H2,1H3,(H,30,33). The Kier molecular flexibility index (Phi) is 6.72. The molecule has 0 bridgehead atoms. The first-order valence-corrected chi connectivity index (χ1v) is 12.6. The maximum absolute atomic E-state index is 13.6. The van der Waals surface area contributed by atoms with Gasteiger partial charge >= 0.3 is 0 Å². The molecule has 2 aromatic heterocycles. The molecule has 2 amide bonds. The first kappa shape index (κ1) is 23.0. The molecule has 0 saturated carbocycles. The summed E-state index contributed by atoms with van der Waals surface area (Å²) in [5, 5.41) is 7.77. The van der Waals surface area contributed by atoms with Crippen LogP contribution in [0.5, 0.6) is 0 Å². The topological polar surface area (TPSA) is 80.1 Å². The van der Waals surface area contributed by atoms with Crippen molar-refractivity contribution in [1.29, 1.82) is 0 Å². The summed E-state index contributed by atoms with van der Waals surface area (Å²) in [5.74, 6) is -0.232. The van der Waals surface area contributed by atoms with E-state index in [1.165, 1.54) is 17.7 Å². The second-order valence-corrected chi connectivity index (χ2v) is 9.74. The van der Waals surface area contributed by atoms with Gasteiger partial charge in [-0.1, -0.05) is 42.5 Å². The quantitative estimate of drug-likeness (QED) is 0.405. The van der Waals surface area contributed by atoms with Crippen molar-refractivity contribution in [2.24, 2.45) is 0 Å². The molecule has 0 atom stereocenters. The van der Waals surface area contributed by atoms with Crippen LogP contribution in [-0.2, 0) is 6.54 Å². The molecular weight excluding hydrogens is 458 g/mol. The van der Waals surface area contributed by atoms with Gasteiger partial charge in [0.15, 0.2) is 0 Å². The molecule has 0 aliphatic carbocycles. The number of aromatic nitrogens is 3. The van der Waals surface area contributed by atoms with Gasteiger partial charge in [-0.2, -0.15) is 5.10 Å². The molecule has 1 aliphatic heterocycles. The van der Waals surface area contributed by atoms with Crippen molar-refractivity contribution in [2.45, 2.75) is 32.7 Å². The van der Waals surface area contributed by atoms with Gasteiger partial charge in [-0.15, -0.1) is 11.3 Å². The van der Waals surface area contributed by atoms with E-state index in [0.29, 0.717) is 22.7 Å². The lowest BCUT2D eigenvalue weighted by atomic mass is 10.0. The van der Waals surface area contributed by atoms with Gasteiger partial charge in [-0.25, -0.2) is 9.67 Å². The van der Waals surface area contributed by atoms with Crippen LogP contribution in [0.1, 0.15) is 51.1 Å². The van der Waals surface area contributed by atoms with Gasteiger partial charge in [-0.05, 0) is 55.0 Å². The van der Waals surface area contributed by atoms with E-state index in [1.807, 2.05) is 54.3 Å². The fourth-order valence-corrected chi connectivity index (χ4v) is 5.62. The zero-order chi connectivity index (χ0) is 24.2. The van der Waals surface area contributed by atoms with Gasteiger partial charge in [0.25, 0.3) is 11.8 Å².